The predicted octanol–water partition coefficient (Wildman–Crippen LogP) is 2.37. The quantitative estimate of drug-likeness (QED) is 0.703. The van der Waals surface area contributed by atoms with E-state index in [4.69, 9.17) is 5.73 Å². The fraction of sp³-hybridized carbons (Fsp3) is 0. The second-order valence-corrected chi connectivity index (χ2v) is 2.25. The van der Waals surface area contributed by atoms with Crippen LogP contribution in [0.25, 0.3) is 5.52 Å². The van der Waals surface area contributed by atoms with Gasteiger partial charge in [0.2, 0.25) is 0 Å². The summed E-state index contributed by atoms with van der Waals surface area (Å²) in [6, 6.07) is 9.87. The van der Waals surface area contributed by atoms with Gasteiger partial charge in [0.15, 0.2) is 0 Å². The third kappa shape index (κ3) is 1.65. The van der Waals surface area contributed by atoms with Gasteiger partial charge in [-0.1, -0.05) is 6.07 Å². The summed E-state index contributed by atoms with van der Waals surface area (Å²) in [6.45, 7) is 0. The van der Waals surface area contributed by atoms with E-state index < -0.39 is 0 Å². The Bertz CT molecular complexity index is 357. The highest BCUT2D eigenvalue weighted by Gasteiger charge is 1.92. The van der Waals surface area contributed by atoms with E-state index in [0.717, 1.165) is 11.3 Å². The van der Waals surface area contributed by atoms with Crippen molar-refractivity contribution in [2.45, 2.75) is 0 Å². The van der Waals surface area contributed by atoms with Crippen LogP contribution in [0.4, 0.5) is 5.82 Å². The number of rotatable bonds is 0. The van der Waals surface area contributed by atoms with Crippen LogP contribution in [0.2, 0.25) is 0 Å². The number of fused-ring (bicyclic) bond motifs is 1. The van der Waals surface area contributed by atoms with Gasteiger partial charge in [-0.15, -0.1) is 24.8 Å². The van der Waals surface area contributed by atoms with Gasteiger partial charge < -0.3 is 10.1 Å². The average Bonchev–Trinajstić information content (AvgIpc) is 2.34. The smallest absolute Gasteiger partial charge is 0.107 e. The Morgan fingerprint density at radius 3 is 2.42 bits per heavy atom. The molecule has 0 amide bonds. The monoisotopic (exact) mass is 204 g/mol. The molecule has 4 heteroatoms. The van der Waals surface area contributed by atoms with Gasteiger partial charge in [0, 0.05) is 11.7 Å². The molecule has 0 aliphatic carbocycles. The maximum Gasteiger partial charge on any atom is 0.107 e. The van der Waals surface area contributed by atoms with Crippen molar-refractivity contribution in [3.8, 4) is 0 Å². The van der Waals surface area contributed by atoms with Crippen molar-refractivity contribution in [3.63, 3.8) is 0 Å². The van der Waals surface area contributed by atoms with Crippen LogP contribution in [0.15, 0.2) is 36.5 Å². The number of anilines is 1. The molecule has 0 spiro atoms. The Hall–Kier alpha value is -0.860. The lowest BCUT2D eigenvalue weighted by molar-refractivity contribution is 1.21. The maximum absolute atomic E-state index is 5.64. The zero-order valence-corrected chi connectivity index (χ0v) is 7.94. The van der Waals surface area contributed by atoms with Gasteiger partial charge in [0.05, 0.1) is 0 Å². The third-order valence-corrected chi connectivity index (χ3v) is 1.59. The highest BCUT2D eigenvalue weighted by Crippen LogP contribution is 2.09. The first-order valence-electron chi connectivity index (χ1n) is 3.19. The van der Waals surface area contributed by atoms with Crippen LogP contribution in [0.3, 0.4) is 0 Å². The van der Waals surface area contributed by atoms with Crippen molar-refractivity contribution >= 4 is 36.1 Å². The van der Waals surface area contributed by atoms with Gasteiger partial charge >= 0.3 is 0 Å². The first kappa shape index (κ1) is 11.1. The molecule has 0 aliphatic heterocycles. The van der Waals surface area contributed by atoms with Crippen molar-refractivity contribution in [2.24, 2.45) is 0 Å². The Morgan fingerprint density at radius 1 is 1.00 bits per heavy atom. The van der Waals surface area contributed by atoms with Crippen LogP contribution in [-0.2, 0) is 0 Å². The number of pyridine rings is 1. The van der Waals surface area contributed by atoms with E-state index in [9.17, 15) is 0 Å². The molecule has 0 aromatic carbocycles. The van der Waals surface area contributed by atoms with Gasteiger partial charge in [-0.05, 0) is 24.3 Å². The molecule has 0 radical (unpaired) electrons. The zero-order chi connectivity index (χ0) is 6.97. The van der Waals surface area contributed by atoms with Crippen LogP contribution >= 0.6 is 24.8 Å². The summed E-state index contributed by atoms with van der Waals surface area (Å²) < 4.78 is 1.94. The number of aromatic nitrogens is 1. The van der Waals surface area contributed by atoms with E-state index in [0.29, 0.717) is 0 Å². The van der Waals surface area contributed by atoms with Crippen LogP contribution < -0.4 is 5.73 Å². The summed E-state index contributed by atoms with van der Waals surface area (Å²) in [6.07, 6.45) is 1.95. The highest BCUT2D eigenvalue weighted by atomic mass is 35.5. The molecule has 0 fully saturated rings. The summed E-state index contributed by atoms with van der Waals surface area (Å²) >= 11 is 0. The molecule has 0 aliphatic rings. The van der Waals surface area contributed by atoms with Crippen molar-refractivity contribution in [1.82, 2.24) is 4.40 Å². The van der Waals surface area contributed by atoms with Crippen LogP contribution in [-0.4, -0.2) is 4.40 Å². The minimum Gasteiger partial charge on any atom is -0.385 e. The molecule has 2 rings (SSSR count). The van der Waals surface area contributed by atoms with Crippen LogP contribution in [0, 0.1) is 0 Å². The highest BCUT2D eigenvalue weighted by molar-refractivity contribution is 5.85. The van der Waals surface area contributed by atoms with Crippen LogP contribution in [0.5, 0.6) is 0 Å². The Morgan fingerprint density at radius 2 is 1.75 bits per heavy atom. The zero-order valence-electron chi connectivity index (χ0n) is 6.31. The minimum atomic E-state index is 0. The number of nitrogen functional groups attached to an aromatic ring is 1. The van der Waals surface area contributed by atoms with Crippen LogP contribution in [0.1, 0.15) is 0 Å². The fourth-order valence-corrected chi connectivity index (χ4v) is 1.08. The van der Waals surface area contributed by atoms with Crippen molar-refractivity contribution < 1.29 is 0 Å². The summed E-state index contributed by atoms with van der Waals surface area (Å²) in [5.74, 6) is 0.788. The Balaban J connectivity index is 0.000000605. The first-order chi connectivity index (χ1) is 4.88. The number of halogens is 2. The van der Waals surface area contributed by atoms with Gasteiger partial charge in [-0.25, -0.2) is 0 Å². The largest absolute Gasteiger partial charge is 0.385 e. The predicted molar refractivity (Wildman–Crippen MR) is 56.3 cm³/mol. The van der Waals surface area contributed by atoms with Gasteiger partial charge in [0.25, 0.3) is 0 Å². The van der Waals surface area contributed by atoms with Gasteiger partial charge in [0.1, 0.15) is 5.82 Å². The molecule has 2 heterocycles. The normalized spacial score (nSPS) is 8.67. The minimum absolute atomic E-state index is 0. The van der Waals surface area contributed by atoms with Crippen molar-refractivity contribution in [3.05, 3.63) is 36.5 Å². The number of hydrogen-bond acceptors (Lipinski definition) is 1. The summed E-state index contributed by atoms with van der Waals surface area (Å²) in [4.78, 5) is 0. The number of hydrogen-bond donors (Lipinski definition) is 1. The van der Waals surface area contributed by atoms with Gasteiger partial charge in [-0.3, -0.25) is 0 Å². The topological polar surface area (TPSA) is 30.4 Å². The number of nitrogens with two attached hydrogens (primary N) is 1. The molecule has 0 saturated carbocycles. The molecular weight excluding hydrogens is 195 g/mol. The van der Waals surface area contributed by atoms with Crippen molar-refractivity contribution in [2.75, 3.05) is 5.73 Å². The summed E-state index contributed by atoms with van der Waals surface area (Å²) in [5, 5.41) is 0. The van der Waals surface area contributed by atoms with E-state index in [1.807, 2.05) is 40.9 Å². The average molecular weight is 205 g/mol. The molecule has 2 aromatic heterocycles. The molecule has 2 N–H and O–H groups in total. The lowest BCUT2D eigenvalue weighted by atomic mass is 10.4. The summed E-state index contributed by atoms with van der Waals surface area (Å²) in [7, 11) is 0. The van der Waals surface area contributed by atoms with E-state index >= 15 is 0 Å². The van der Waals surface area contributed by atoms with E-state index in [2.05, 4.69) is 0 Å². The molecular formula is C8H10Cl2N2. The molecule has 0 saturated heterocycles. The SMILES string of the molecule is Cl.Cl.Nc1ccc2ccccn12. The maximum atomic E-state index is 5.64. The second-order valence-electron chi connectivity index (χ2n) is 2.25. The van der Waals surface area contributed by atoms with E-state index in [1.54, 1.807) is 0 Å². The Kier molecular flexibility index (Phi) is 3.93. The standard InChI is InChI=1S/C8H8N2.2ClH/c9-8-5-4-7-3-1-2-6-10(7)8;;/h1-6H,9H2;2*1H. The van der Waals surface area contributed by atoms with Gasteiger partial charge in [-0.2, -0.15) is 0 Å². The third-order valence-electron chi connectivity index (χ3n) is 1.59. The molecule has 12 heavy (non-hydrogen) atoms. The van der Waals surface area contributed by atoms with Crippen molar-refractivity contribution in [1.29, 1.82) is 0 Å². The summed E-state index contributed by atoms with van der Waals surface area (Å²) in [5.41, 5.74) is 6.78. The van der Waals surface area contributed by atoms with E-state index in [1.165, 1.54) is 0 Å². The molecule has 2 nitrogen and oxygen atoms in total. The molecule has 0 atom stereocenters. The Labute approximate surface area is 83.2 Å². The van der Waals surface area contributed by atoms with E-state index in [-0.39, 0.29) is 24.8 Å². The molecule has 2 aromatic rings. The number of nitrogens with zero attached hydrogens (tertiary/aromatic N) is 1. The molecule has 0 bridgehead atoms. The lowest BCUT2D eigenvalue weighted by Crippen LogP contribution is -1.89. The lowest BCUT2D eigenvalue weighted by Gasteiger charge is -1.93. The second kappa shape index (κ2) is 4.24. The molecule has 66 valence electrons. The first-order valence-corrected chi connectivity index (χ1v) is 3.19. The molecule has 0 unspecified atom stereocenters. The fourth-order valence-electron chi connectivity index (χ4n) is 1.08.